The first-order valence-corrected chi connectivity index (χ1v) is 8.69. The van der Waals surface area contributed by atoms with E-state index in [2.05, 4.69) is 34.5 Å². The van der Waals surface area contributed by atoms with Crippen LogP contribution < -0.4 is 14.8 Å². The van der Waals surface area contributed by atoms with Gasteiger partial charge in [-0.25, -0.2) is 4.68 Å². The molecule has 1 aromatic heterocycles. The van der Waals surface area contributed by atoms with Gasteiger partial charge < -0.3 is 9.47 Å². The van der Waals surface area contributed by atoms with Gasteiger partial charge in [0.25, 0.3) is 0 Å². The third kappa shape index (κ3) is 3.48. The number of amides is 1. The number of fused-ring (bicyclic) bond motifs is 1. The lowest BCUT2D eigenvalue weighted by Crippen LogP contribution is -2.29. The molecule has 7 nitrogen and oxygen atoms in total. The van der Waals surface area contributed by atoms with Gasteiger partial charge in [-0.3, -0.25) is 10.1 Å². The van der Waals surface area contributed by atoms with Crippen LogP contribution in [0, 0.1) is 6.92 Å². The molecule has 0 saturated heterocycles. The van der Waals surface area contributed by atoms with Gasteiger partial charge in [-0.15, -0.1) is 0 Å². The van der Waals surface area contributed by atoms with Gasteiger partial charge >= 0.3 is 0 Å². The molecule has 1 atom stereocenters. The fraction of sp³-hybridized carbons (Fsp3) is 0.250. The first-order valence-electron chi connectivity index (χ1n) is 8.69. The molecule has 0 bridgehead atoms. The average molecular weight is 364 g/mol. The lowest BCUT2D eigenvalue weighted by Gasteiger charge is -2.24. The summed E-state index contributed by atoms with van der Waals surface area (Å²) in [6, 6.07) is 13.6. The van der Waals surface area contributed by atoms with Crippen LogP contribution in [0.4, 0.5) is 5.95 Å². The number of nitrogens with zero attached hydrogens (tertiary/aromatic N) is 3. The highest BCUT2D eigenvalue weighted by atomic mass is 16.5. The summed E-state index contributed by atoms with van der Waals surface area (Å²) in [7, 11) is 1.60. The number of methoxy groups -OCH3 is 1. The molecular weight excluding hydrogens is 344 g/mol. The van der Waals surface area contributed by atoms with Crippen LogP contribution in [-0.4, -0.2) is 27.8 Å². The van der Waals surface area contributed by atoms with E-state index < -0.39 is 0 Å². The SMILES string of the molecule is COc1cc([C@@H]2CC(=O)Nc3ncnn32)ccc1OCc1cccc(C)c1. The molecule has 0 fully saturated rings. The molecule has 1 N–H and O–H groups in total. The highest BCUT2D eigenvalue weighted by Gasteiger charge is 2.28. The lowest BCUT2D eigenvalue weighted by atomic mass is 10.0. The van der Waals surface area contributed by atoms with E-state index in [4.69, 9.17) is 9.47 Å². The molecule has 1 amide bonds. The first-order chi connectivity index (χ1) is 13.1. The minimum Gasteiger partial charge on any atom is -0.493 e. The Bertz CT molecular complexity index is 983. The quantitative estimate of drug-likeness (QED) is 0.753. The van der Waals surface area contributed by atoms with Crippen LogP contribution in [0.2, 0.25) is 0 Å². The fourth-order valence-electron chi connectivity index (χ4n) is 3.24. The summed E-state index contributed by atoms with van der Waals surface area (Å²) in [5.41, 5.74) is 3.20. The second-order valence-corrected chi connectivity index (χ2v) is 6.48. The summed E-state index contributed by atoms with van der Waals surface area (Å²) >= 11 is 0. The van der Waals surface area contributed by atoms with Gasteiger partial charge in [0.05, 0.1) is 19.6 Å². The number of hydrogen-bond donors (Lipinski definition) is 1. The summed E-state index contributed by atoms with van der Waals surface area (Å²) in [4.78, 5) is 16.0. The number of aromatic nitrogens is 3. The zero-order valence-electron chi connectivity index (χ0n) is 15.2. The van der Waals surface area contributed by atoms with E-state index in [1.807, 2.05) is 30.3 Å². The summed E-state index contributed by atoms with van der Waals surface area (Å²) in [6.07, 6.45) is 1.73. The van der Waals surface area contributed by atoms with E-state index >= 15 is 0 Å². The smallest absolute Gasteiger partial charge is 0.229 e. The number of aryl methyl sites for hydroxylation is 1. The topological polar surface area (TPSA) is 78.3 Å². The Labute approximate surface area is 156 Å². The molecule has 0 aliphatic carbocycles. The molecule has 138 valence electrons. The maximum atomic E-state index is 12.0. The molecule has 27 heavy (non-hydrogen) atoms. The van der Waals surface area contributed by atoms with Crippen molar-refractivity contribution in [3.63, 3.8) is 0 Å². The predicted molar refractivity (Wildman–Crippen MR) is 99.9 cm³/mol. The minimum atomic E-state index is -0.226. The van der Waals surface area contributed by atoms with E-state index in [0.29, 0.717) is 30.5 Å². The molecule has 4 rings (SSSR count). The van der Waals surface area contributed by atoms with Gasteiger partial charge in [-0.1, -0.05) is 35.9 Å². The van der Waals surface area contributed by atoms with Crippen molar-refractivity contribution < 1.29 is 14.3 Å². The number of hydrogen-bond acceptors (Lipinski definition) is 5. The number of ether oxygens (including phenoxy) is 2. The zero-order valence-corrected chi connectivity index (χ0v) is 15.2. The number of rotatable bonds is 5. The highest BCUT2D eigenvalue weighted by Crippen LogP contribution is 2.35. The summed E-state index contributed by atoms with van der Waals surface area (Å²) in [6.45, 7) is 2.51. The van der Waals surface area contributed by atoms with Crippen molar-refractivity contribution in [1.29, 1.82) is 0 Å². The van der Waals surface area contributed by atoms with Crippen molar-refractivity contribution in [3.8, 4) is 11.5 Å². The van der Waals surface area contributed by atoms with E-state index in [0.717, 1.165) is 11.1 Å². The third-order valence-corrected chi connectivity index (χ3v) is 4.55. The number of nitrogens with one attached hydrogen (secondary N) is 1. The number of benzene rings is 2. The van der Waals surface area contributed by atoms with Gasteiger partial charge in [0.1, 0.15) is 12.9 Å². The Hall–Kier alpha value is -3.35. The van der Waals surface area contributed by atoms with Crippen molar-refractivity contribution in [3.05, 3.63) is 65.5 Å². The predicted octanol–water partition coefficient (Wildman–Crippen LogP) is 3.11. The third-order valence-electron chi connectivity index (χ3n) is 4.55. The molecule has 2 aromatic carbocycles. The molecule has 1 aliphatic rings. The zero-order chi connectivity index (χ0) is 18.8. The standard InChI is InChI=1S/C20H20N4O3/c1-13-4-3-5-14(8-13)11-27-17-7-6-15(9-18(17)26-2)16-10-19(25)23-20-21-12-22-24(16)20/h3-9,12,16H,10-11H2,1-2H3,(H,21,22,23,25)/t16-/m0/s1. The van der Waals surface area contributed by atoms with Gasteiger partial charge in [0.15, 0.2) is 11.5 Å². The van der Waals surface area contributed by atoms with Crippen molar-refractivity contribution in [2.75, 3.05) is 12.4 Å². The molecule has 0 spiro atoms. The van der Waals surface area contributed by atoms with Crippen molar-refractivity contribution in [1.82, 2.24) is 14.8 Å². The van der Waals surface area contributed by atoms with E-state index in [9.17, 15) is 4.79 Å². The molecule has 3 aromatic rings. The largest absolute Gasteiger partial charge is 0.493 e. The van der Waals surface area contributed by atoms with Crippen LogP contribution in [0.3, 0.4) is 0 Å². The van der Waals surface area contributed by atoms with Gasteiger partial charge in [0, 0.05) is 0 Å². The van der Waals surface area contributed by atoms with E-state index in [-0.39, 0.29) is 11.9 Å². The highest BCUT2D eigenvalue weighted by molar-refractivity contribution is 5.91. The second-order valence-electron chi connectivity index (χ2n) is 6.48. The van der Waals surface area contributed by atoms with Crippen LogP contribution >= 0.6 is 0 Å². The van der Waals surface area contributed by atoms with E-state index in [1.165, 1.54) is 11.9 Å². The van der Waals surface area contributed by atoms with Gasteiger partial charge in [-0.2, -0.15) is 10.1 Å². The van der Waals surface area contributed by atoms with Gasteiger partial charge in [0.2, 0.25) is 11.9 Å². The second kappa shape index (κ2) is 7.11. The molecule has 7 heteroatoms. The van der Waals surface area contributed by atoms with Crippen LogP contribution in [0.1, 0.15) is 29.2 Å². The Morgan fingerprint density at radius 3 is 2.93 bits per heavy atom. The molecular formula is C20H20N4O3. The Morgan fingerprint density at radius 1 is 1.22 bits per heavy atom. The molecule has 2 heterocycles. The number of carbonyl (C=O) groups is 1. The fourth-order valence-corrected chi connectivity index (χ4v) is 3.24. The molecule has 1 aliphatic heterocycles. The van der Waals surface area contributed by atoms with Crippen LogP contribution in [0.25, 0.3) is 0 Å². The summed E-state index contributed by atoms with van der Waals surface area (Å²) in [5, 5.41) is 6.95. The lowest BCUT2D eigenvalue weighted by molar-refractivity contribution is -0.117. The van der Waals surface area contributed by atoms with Crippen molar-refractivity contribution in [2.24, 2.45) is 0 Å². The van der Waals surface area contributed by atoms with Gasteiger partial charge in [-0.05, 0) is 30.2 Å². The maximum absolute atomic E-state index is 12.0. The van der Waals surface area contributed by atoms with Crippen LogP contribution in [0.15, 0.2) is 48.8 Å². The average Bonchev–Trinajstić information content (AvgIpc) is 3.14. The molecule has 0 radical (unpaired) electrons. The normalized spacial score (nSPS) is 15.8. The summed E-state index contributed by atoms with van der Waals surface area (Å²) in [5.74, 6) is 1.64. The minimum absolute atomic E-state index is 0.0840. The Balaban J connectivity index is 1.58. The van der Waals surface area contributed by atoms with Crippen LogP contribution in [-0.2, 0) is 11.4 Å². The number of anilines is 1. The first kappa shape index (κ1) is 17.1. The summed E-state index contributed by atoms with van der Waals surface area (Å²) < 4.78 is 13.2. The Kier molecular flexibility index (Phi) is 4.50. The van der Waals surface area contributed by atoms with Crippen molar-refractivity contribution >= 4 is 11.9 Å². The van der Waals surface area contributed by atoms with E-state index in [1.54, 1.807) is 11.8 Å². The number of carbonyl (C=O) groups excluding carboxylic acids is 1. The monoisotopic (exact) mass is 364 g/mol. The molecule has 0 unspecified atom stereocenters. The maximum Gasteiger partial charge on any atom is 0.229 e. The molecule has 0 saturated carbocycles. The van der Waals surface area contributed by atoms with Crippen molar-refractivity contribution in [2.45, 2.75) is 26.0 Å². The Morgan fingerprint density at radius 2 is 2.11 bits per heavy atom. The van der Waals surface area contributed by atoms with Crippen LogP contribution in [0.5, 0.6) is 11.5 Å².